The molecule has 1 amide bonds. The Hall–Kier alpha value is -1.75. The highest BCUT2D eigenvalue weighted by Gasteiger charge is 2.20. The number of nitrogens with one attached hydrogen (secondary N) is 1. The predicted molar refractivity (Wildman–Crippen MR) is 70.3 cm³/mol. The van der Waals surface area contributed by atoms with E-state index in [-0.39, 0.29) is 23.0 Å². The molecular formula is C14H19NO4. The third-order valence-electron chi connectivity index (χ3n) is 2.97. The van der Waals surface area contributed by atoms with Crippen molar-refractivity contribution in [1.29, 1.82) is 0 Å². The van der Waals surface area contributed by atoms with Gasteiger partial charge in [-0.05, 0) is 37.3 Å². The molecule has 0 heterocycles. The molecule has 0 saturated heterocycles. The van der Waals surface area contributed by atoms with E-state index in [2.05, 4.69) is 5.32 Å². The molecule has 1 fully saturated rings. The molecule has 0 spiro atoms. The topological polar surface area (TPSA) is 78.8 Å². The second-order valence-electron chi connectivity index (χ2n) is 4.87. The molecule has 1 aliphatic rings. The van der Waals surface area contributed by atoms with Crippen LogP contribution in [-0.4, -0.2) is 35.9 Å². The standard InChI is InChI=1S/C14H19NO4/c16-12-6-11(7-13(17)8-12)14(18)15-4-1-5-19-9-10-2-3-10/h6-8,10,16-17H,1-5,9H2,(H,15,18). The monoisotopic (exact) mass is 265 g/mol. The maximum absolute atomic E-state index is 11.7. The molecule has 1 aromatic rings. The fourth-order valence-electron chi connectivity index (χ4n) is 1.74. The quantitative estimate of drug-likeness (QED) is 0.655. The van der Waals surface area contributed by atoms with Gasteiger partial charge in [0.25, 0.3) is 5.91 Å². The number of aromatic hydroxyl groups is 2. The van der Waals surface area contributed by atoms with Crippen LogP contribution in [0.3, 0.4) is 0 Å². The number of ether oxygens (including phenoxy) is 1. The normalized spacial score (nSPS) is 14.3. The average molecular weight is 265 g/mol. The lowest BCUT2D eigenvalue weighted by Crippen LogP contribution is -2.25. The Kier molecular flexibility index (Phi) is 4.63. The van der Waals surface area contributed by atoms with E-state index in [0.717, 1.165) is 18.9 Å². The van der Waals surface area contributed by atoms with Crippen molar-refractivity contribution in [2.75, 3.05) is 19.8 Å². The van der Waals surface area contributed by atoms with Crippen LogP contribution >= 0.6 is 0 Å². The summed E-state index contributed by atoms with van der Waals surface area (Å²) in [5, 5.41) is 21.3. The first-order chi connectivity index (χ1) is 9.15. The first-order valence-corrected chi connectivity index (χ1v) is 6.54. The zero-order valence-electron chi connectivity index (χ0n) is 10.8. The van der Waals surface area contributed by atoms with E-state index < -0.39 is 0 Å². The molecule has 0 atom stereocenters. The van der Waals surface area contributed by atoms with Gasteiger partial charge in [-0.15, -0.1) is 0 Å². The fraction of sp³-hybridized carbons (Fsp3) is 0.500. The highest BCUT2D eigenvalue weighted by molar-refractivity contribution is 5.94. The summed E-state index contributed by atoms with van der Waals surface area (Å²) < 4.78 is 5.45. The maximum Gasteiger partial charge on any atom is 0.251 e. The molecule has 1 aliphatic carbocycles. The van der Waals surface area contributed by atoms with E-state index in [0.29, 0.717) is 13.2 Å². The minimum Gasteiger partial charge on any atom is -0.508 e. The van der Waals surface area contributed by atoms with Crippen LogP contribution in [0.2, 0.25) is 0 Å². The molecule has 3 N–H and O–H groups in total. The summed E-state index contributed by atoms with van der Waals surface area (Å²) in [4.78, 5) is 11.7. The van der Waals surface area contributed by atoms with Crippen LogP contribution in [0, 0.1) is 5.92 Å². The molecule has 0 bridgehead atoms. The number of amides is 1. The van der Waals surface area contributed by atoms with Crippen molar-refractivity contribution in [3.8, 4) is 11.5 Å². The Morgan fingerprint density at radius 2 is 1.95 bits per heavy atom. The smallest absolute Gasteiger partial charge is 0.251 e. The molecule has 104 valence electrons. The number of hydrogen-bond acceptors (Lipinski definition) is 4. The van der Waals surface area contributed by atoms with Crippen molar-refractivity contribution in [1.82, 2.24) is 5.32 Å². The third-order valence-corrected chi connectivity index (χ3v) is 2.97. The van der Waals surface area contributed by atoms with E-state index in [1.165, 1.54) is 31.0 Å². The van der Waals surface area contributed by atoms with Crippen molar-refractivity contribution < 1.29 is 19.7 Å². The second-order valence-corrected chi connectivity index (χ2v) is 4.87. The van der Waals surface area contributed by atoms with Crippen LogP contribution < -0.4 is 5.32 Å². The summed E-state index contributed by atoms with van der Waals surface area (Å²) >= 11 is 0. The molecular weight excluding hydrogens is 246 g/mol. The van der Waals surface area contributed by atoms with Gasteiger partial charge in [0, 0.05) is 31.4 Å². The molecule has 19 heavy (non-hydrogen) atoms. The Bertz CT molecular complexity index is 423. The van der Waals surface area contributed by atoms with E-state index in [9.17, 15) is 15.0 Å². The number of benzene rings is 1. The predicted octanol–water partition coefficient (Wildman–Crippen LogP) is 1.64. The summed E-state index contributed by atoms with van der Waals surface area (Å²) in [6.45, 7) is 1.98. The first-order valence-electron chi connectivity index (χ1n) is 6.54. The van der Waals surface area contributed by atoms with Crippen LogP contribution in [0.15, 0.2) is 18.2 Å². The largest absolute Gasteiger partial charge is 0.508 e. The second kappa shape index (κ2) is 6.43. The van der Waals surface area contributed by atoms with Gasteiger partial charge in [0.15, 0.2) is 0 Å². The summed E-state index contributed by atoms with van der Waals surface area (Å²) in [6.07, 6.45) is 3.30. The Balaban J connectivity index is 1.65. The lowest BCUT2D eigenvalue weighted by molar-refractivity contribution is 0.0936. The lowest BCUT2D eigenvalue weighted by atomic mass is 10.2. The number of hydrogen-bond donors (Lipinski definition) is 3. The van der Waals surface area contributed by atoms with Crippen molar-refractivity contribution in [2.45, 2.75) is 19.3 Å². The molecule has 2 rings (SSSR count). The summed E-state index contributed by atoms with van der Waals surface area (Å²) in [6, 6.07) is 3.82. The van der Waals surface area contributed by atoms with Gasteiger partial charge >= 0.3 is 0 Å². The highest BCUT2D eigenvalue weighted by atomic mass is 16.5. The van der Waals surface area contributed by atoms with Crippen LogP contribution in [0.25, 0.3) is 0 Å². The molecule has 0 radical (unpaired) electrons. The summed E-state index contributed by atoms with van der Waals surface area (Å²) in [7, 11) is 0. The van der Waals surface area contributed by atoms with E-state index in [1.54, 1.807) is 0 Å². The molecule has 5 heteroatoms. The van der Waals surface area contributed by atoms with Gasteiger partial charge in [-0.2, -0.15) is 0 Å². The minimum atomic E-state index is -0.312. The number of rotatable bonds is 7. The van der Waals surface area contributed by atoms with Crippen LogP contribution in [0.5, 0.6) is 11.5 Å². The molecule has 1 aromatic carbocycles. The van der Waals surface area contributed by atoms with Crippen molar-refractivity contribution in [3.05, 3.63) is 23.8 Å². The van der Waals surface area contributed by atoms with Crippen molar-refractivity contribution in [3.63, 3.8) is 0 Å². The molecule has 0 aromatic heterocycles. The minimum absolute atomic E-state index is 0.127. The molecule has 0 unspecified atom stereocenters. The van der Waals surface area contributed by atoms with E-state index >= 15 is 0 Å². The first kappa shape index (κ1) is 13.7. The Morgan fingerprint density at radius 3 is 2.58 bits per heavy atom. The van der Waals surface area contributed by atoms with Crippen LogP contribution in [0.1, 0.15) is 29.6 Å². The van der Waals surface area contributed by atoms with E-state index in [4.69, 9.17) is 4.74 Å². The van der Waals surface area contributed by atoms with Gasteiger partial charge in [-0.25, -0.2) is 0 Å². The van der Waals surface area contributed by atoms with Gasteiger partial charge in [-0.3, -0.25) is 4.79 Å². The number of carbonyl (C=O) groups is 1. The Labute approximate surface area is 112 Å². The van der Waals surface area contributed by atoms with Crippen molar-refractivity contribution in [2.24, 2.45) is 5.92 Å². The van der Waals surface area contributed by atoms with Gasteiger partial charge in [-0.1, -0.05) is 0 Å². The zero-order chi connectivity index (χ0) is 13.7. The van der Waals surface area contributed by atoms with Crippen LogP contribution in [-0.2, 0) is 4.74 Å². The van der Waals surface area contributed by atoms with Crippen LogP contribution in [0.4, 0.5) is 0 Å². The lowest BCUT2D eigenvalue weighted by Gasteiger charge is -2.07. The fourth-order valence-corrected chi connectivity index (χ4v) is 1.74. The number of phenolic OH excluding ortho intramolecular Hbond substituents is 2. The molecule has 5 nitrogen and oxygen atoms in total. The highest BCUT2D eigenvalue weighted by Crippen LogP contribution is 2.28. The van der Waals surface area contributed by atoms with E-state index in [1.807, 2.05) is 0 Å². The molecule has 1 saturated carbocycles. The SMILES string of the molecule is O=C(NCCCOCC1CC1)c1cc(O)cc(O)c1. The molecule has 0 aliphatic heterocycles. The third kappa shape index (κ3) is 4.79. The summed E-state index contributed by atoms with van der Waals surface area (Å²) in [5.41, 5.74) is 0.247. The zero-order valence-corrected chi connectivity index (χ0v) is 10.8. The van der Waals surface area contributed by atoms with Gasteiger partial charge in [0.2, 0.25) is 0 Å². The average Bonchev–Trinajstić information content (AvgIpc) is 3.16. The maximum atomic E-state index is 11.7. The van der Waals surface area contributed by atoms with Crippen molar-refractivity contribution >= 4 is 5.91 Å². The van der Waals surface area contributed by atoms with Gasteiger partial charge < -0.3 is 20.3 Å². The Morgan fingerprint density at radius 1 is 1.26 bits per heavy atom. The number of phenols is 2. The van der Waals surface area contributed by atoms with Gasteiger partial charge in [0.05, 0.1) is 0 Å². The van der Waals surface area contributed by atoms with Gasteiger partial charge in [0.1, 0.15) is 11.5 Å². The summed E-state index contributed by atoms with van der Waals surface area (Å²) in [5.74, 6) is 0.189. The number of carbonyl (C=O) groups excluding carboxylic acids is 1.